The maximum atomic E-state index is 13.0. The Bertz CT molecular complexity index is 1080. The summed E-state index contributed by atoms with van der Waals surface area (Å²) in [4.78, 5) is 12.8. The molecule has 0 aliphatic carbocycles. The highest BCUT2D eigenvalue weighted by molar-refractivity contribution is 6.00. The van der Waals surface area contributed by atoms with Crippen LogP contribution in [0, 0.1) is 0 Å². The first-order chi connectivity index (χ1) is 14.9. The molecule has 162 valence electrons. The minimum absolute atomic E-state index is 0.226. The van der Waals surface area contributed by atoms with Crippen molar-refractivity contribution < 1.29 is 18.0 Å². The molecule has 0 radical (unpaired) electrons. The van der Waals surface area contributed by atoms with E-state index in [1.165, 1.54) is 12.1 Å². The molecule has 0 unspecified atom stereocenters. The predicted octanol–water partition coefficient (Wildman–Crippen LogP) is 4.70. The summed E-state index contributed by atoms with van der Waals surface area (Å²) in [6.45, 7) is 1.06. The summed E-state index contributed by atoms with van der Waals surface area (Å²) >= 11 is 0. The third-order valence-electron chi connectivity index (χ3n) is 5.23. The highest BCUT2D eigenvalue weighted by Crippen LogP contribution is 2.31. The zero-order valence-electron chi connectivity index (χ0n) is 16.7. The van der Waals surface area contributed by atoms with E-state index in [4.69, 9.17) is 0 Å². The van der Waals surface area contributed by atoms with Crippen LogP contribution < -0.4 is 10.6 Å². The number of rotatable bonds is 5. The van der Waals surface area contributed by atoms with Gasteiger partial charge in [0.2, 0.25) is 0 Å². The van der Waals surface area contributed by atoms with Crippen molar-refractivity contribution in [3.8, 4) is 0 Å². The highest BCUT2D eigenvalue weighted by Gasteiger charge is 2.30. The van der Waals surface area contributed by atoms with E-state index in [2.05, 4.69) is 25.4 Å². The molecule has 1 aromatic heterocycles. The Kier molecular flexibility index (Phi) is 5.92. The fourth-order valence-electron chi connectivity index (χ4n) is 3.65. The SMILES string of the molecule is O=C(NCc1nnc2n1CCCCC2)c1ccccc1Nc1cccc(C(F)(F)F)c1. The normalized spacial score (nSPS) is 13.9. The number of hydrogen-bond donors (Lipinski definition) is 2. The molecule has 6 nitrogen and oxygen atoms in total. The van der Waals surface area contributed by atoms with Gasteiger partial charge in [0.15, 0.2) is 5.82 Å². The third-order valence-corrected chi connectivity index (χ3v) is 5.23. The molecule has 4 rings (SSSR count). The van der Waals surface area contributed by atoms with Gasteiger partial charge in [-0.15, -0.1) is 10.2 Å². The molecular formula is C22H22F3N5O. The van der Waals surface area contributed by atoms with Gasteiger partial charge in [-0.2, -0.15) is 13.2 Å². The van der Waals surface area contributed by atoms with Gasteiger partial charge in [-0.3, -0.25) is 4.79 Å². The summed E-state index contributed by atoms with van der Waals surface area (Å²) in [6.07, 6.45) is -0.284. The number of amides is 1. The number of nitrogens with zero attached hydrogens (tertiary/aromatic N) is 3. The first-order valence-corrected chi connectivity index (χ1v) is 10.1. The molecule has 1 aliphatic rings. The lowest BCUT2D eigenvalue weighted by Gasteiger charge is -2.14. The van der Waals surface area contributed by atoms with Crippen molar-refractivity contribution in [2.24, 2.45) is 0 Å². The van der Waals surface area contributed by atoms with Crippen LogP contribution in [0.15, 0.2) is 48.5 Å². The first kappa shape index (κ1) is 20.9. The van der Waals surface area contributed by atoms with Crippen LogP contribution in [0.2, 0.25) is 0 Å². The van der Waals surface area contributed by atoms with E-state index in [0.717, 1.165) is 50.2 Å². The van der Waals surface area contributed by atoms with E-state index in [1.807, 2.05) is 0 Å². The summed E-state index contributed by atoms with van der Waals surface area (Å²) in [5.41, 5.74) is 0.236. The number of carbonyl (C=O) groups excluding carboxylic acids is 1. The lowest BCUT2D eigenvalue weighted by molar-refractivity contribution is -0.137. The zero-order valence-corrected chi connectivity index (χ0v) is 16.7. The molecule has 2 aromatic carbocycles. The second-order valence-electron chi connectivity index (χ2n) is 7.43. The molecule has 31 heavy (non-hydrogen) atoms. The van der Waals surface area contributed by atoms with E-state index in [0.29, 0.717) is 17.1 Å². The quantitative estimate of drug-likeness (QED) is 0.617. The summed E-state index contributed by atoms with van der Waals surface area (Å²) in [6, 6.07) is 11.6. The van der Waals surface area contributed by atoms with Crippen molar-refractivity contribution >= 4 is 17.3 Å². The van der Waals surface area contributed by atoms with Gasteiger partial charge in [0.25, 0.3) is 5.91 Å². The number of hydrogen-bond acceptors (Lipinski definition) is 4. The number of halogens is 3. The zero-order chi connectivity index (χ0) is 21.8. The number of alkyl halides is 3. The molecule has 1 aliphatic heterocycles. The van der Waals surface area contributed by atoms with Crippen molar-refractivity contribution in [2.45, 2.75) is 44.9 Å². The second kappa shape index (κ2) is 8.79. The Morgan fingerprint density at radius 1 is 1.03 bits per heavy atom. The minimum Gasteiger partial charge on any atom is -0.355 e. The predicted molar refractivity (Wildman–Crippen MR) is 110 cm³/mol. The van der Waals surface area contributed by atoms with Crippen LogP contribution in [0.3, 0.4) is 0 Å². The molecule has 3 aromatic rings. The average Bonchev–Trinajstić information content (AvgIpc) is 2.98. The Balaban J connectivity index is 1.49. The van der Waals surface area contributed by atoms with E-state index in [1.54, 1.807) is 24.3 Å². The van der Waals surface area contributed by atoms with Crippen LogP contribution in [0.25, 0.3) is 0 Å². The fraction of sp³-hybridized carbons (Fsp3) is 0.318. The van der Waals surface area contributed by atoms with Crippen LogP contribution in [-0.4, -0.2) is 20.7 Å². The second-order valence-corrected chi connectivity index (χ2v) is 7.43. The van der Waals surface area contributed by atoms with Crippen LogP contribution in [-0.2, 0) is 25.7 Å². The van der Waals surface area contributed by atoms with Gasteiger partial charge < -0.3 is 15.2 Å². The first-order valence-electron chi connectivity index (χ1n) is 10.1. The van der Waals surface area contributed by atoms with E-state index in [-0.39, 0.29) is 18.1 Å². The van der Waals surface area contributed by atoms with Crippen LogP contribution in [0.4, 0.5) is 24.5 Å². The van der Waals surface area contributed by atoms with Gasteiger partial charge in [-0.25, -0.2) is 0 Å². The van der Waals surface area contributed by atoms with Gasteiger partial charge in [-0.1, -0.05) is 24.6 Å². The number of para-hydroxylation sites is 1. The number of carbonyl (C=O) groups is 1. The van der Waals surface area contributed by atoms with Crippen molar-refractivity contribution in [1.82, 2.24) is 20.1 Å². The third kappa shape index (κ3) is 4.87. The number of aromatic nitrogens is 3. The van der Waals surface area contributed by atoms with E-state index < -0.39 is 11.7 Å². The Morgan fingerprint density at radius 3 is 2.71 bits per heavy atom. The minimum atomic E-state index is -4.44. The maximum Gasteiger partial charge on any atom is 0.416 e. The Labute approximate surface area is 177 Å². The highest BCUT2D eigenvalue weighted by atomic mass is 19.4. The van der Waals surface area contributed by atoms with Gasteiger partial charge in [0.05, 0.1) is 23.4 Å². The van der Waals surface area contributed by atoms with Gasteiger partial charge in [0, 0.05) is 18.7 Å². The summed E-state index contributed by atoms with van der Waals surface area (Å²) in [7, 11) is 0. The van der Waals surface area contributed by atoms with Crippen molar-refractivity contribution in [1.29, 1.82) is 0 Å². The van der Waals surface area contributed by atoms with Gasteiger partial charge >= 0.3 is 6.18 Å². The molecule has 0 fully saturated rings. The van der Waals surface area contributed by atoms with Gasteiger partial charge in [-0.05, 0) is 43.2 Å². The van der Waals surface area contributed by atoms with Crippen molar-refractivity contribution in [3.63, 3.8) is 0 Å². The lowest BCUT2D eigenvalue weighted by atomic mass is 10.1. The summed E-state index contributed by atoms with van der Waals surface area (Å²) < 4.78 is 41.0. The largest absolute Gasteiger partial charge is 0.416 e. The Hall–Kier alpha value is -3.36. The maximum absolute atomic E-state index is 13.0. The number of benzene rings is 2. The molecule has 9 heteroatoms. The lowest BCUT2D eigenvalue weighted by Crippen LogP contribution is -2.25. The number of aryl methyl sites for hydroxylation is 1. The molecule has 0 saturated carbocycles. The van der Waals surface area contributed by atoms with Gasteiger partial charge in [0.1, 0.15) is 5.82 Å². The molecule has 0 spiro atoms. The average molecular weight is 429 g/mol. The number of fused-ring (bicyclic) bond motifs is 1. The van der Waals surface area contributed by atoms with Crippen molar-refractivity contribution in [3.05, 3.63) is 71.3 Å². The Morgan fingerprint density at radius 2 is 1.87 bits per heavy atom. The fourth-order valence-corrected chi connectivity index (χ4v) is 3.65. The standard InChI is InChI=1S/C22H22F3N5O/c23-22(24,25)15-7-6-8-16(13-15)27-18-10-4-3-9-17(18)21(31)26-14-20-29-28-19-11-2-1-5-12-30(19)20/h3-4,6-10,13,27H,1-2,5,11-12,14H2,(H,26,31). The topological polar surface area (TPSA) is 71.8 Å². The van der Waals surface area contributed by atoms with Crippen LogP contribution >= 0.6 is 0 Å². The molecule has 0 atom stereocenters. The molecule has 0 bridgehead atoms. The number of anilines is 2. The molecule has 2 heterocycles. The van der Waals surface area contributed by atoms with Crippen LogP contribution in [0.5, 0.6) is 0 Å². The molecule has 0 saturated heterocycles. The number of nitrogens with one attached hydrogen (secondary N) is 2. The molecular weight excluding hydrogens is 407 g/mol. The molecule has 2 N–H and O–H groups in total. The summed E-state index contributed by atoms with van der Waals surface area (Å²) in [5, 5.41) is 14.2. The van der Waals surface area contributed by atoms with Crippen LogP contribution in [0.1, 0.15) is 46.8 Å². The van der Waals surface area contributed by atoms with E-state index >= 15 is 0 Å². The van der Waals surface area contributed by atoms with E-state index in [9.17, 15) is 18.0 Å². The van der Waals surface area contributed by atoms with Crippen molar-refractivity contribution in [2.75, 3.05) is 5.32 Å². The summed E-state index contributed by atoms with van der Waals surface area (Å²) in [5.74, 6) is 1.29. The monoisotopic (exact) mass is 429 g/mol. The smallest absolute Gasteiger partial charge is 0.355 e. The molecule has 1 amide bonds.